The fourth-order valence-electron chi connectivity index (χ4n) is 2.46. The summed E-state index contributed by atoms with van der Waals surface area (Å²) in [5.74, 6) is 0.0263. The van der Waals surface area contributed by atoms with E-state index in [9.17, 15) is 19.7 Å². The van der Waals surface area contributed by atoms with Gasteiger partial charge < -0.3 is 10.1 Å². The van der Waals surface area contributed by atoms with Crippen molar-refractivity contribution in [2.45, 2.75) is 6.61 Å². The van der Waals surface area contributed by atoms with Crippen LogP contribution in [0.2, 0.25) is 0 Å². The minimum absolute atomic E-state index is 0.0171. The van der Waals surface area contributed by atoms with Crippen LogP contribution in [-0.2, 0) is 11.4 Å². The molecule has 8 nitrogen and oxygen atoms in total. The number of ether oxygens (including phenoxy) is 1. The third kappa shape index (κ3) is 4.14. The zero-order chi connectivity index (χ0) is 19.6. The Kier molecular flexibility index (Phi) is 5.22. The Labute approximate surface area is 162 Å². The number of urea groups is 1. The smallest absolute Gasteiger partial charge is 0.328 e. The van der Waals surface area contributed by atoms with Crippen molar-refractivity contribution < 1.29 is 19.2 Å². The van der Waals surface area contributed by atoms with Gasteiger partial charge in [-0.05, 0) is 29.8 Å². The molecule has 3 amide bonds. The highest BCUT2D eigenvalue weighted by Crippen LogP contribution is 2.27. The van der Waals surface area contributed by atoms with Gasteiger partial charge in [0.2, 0.25) is 0 Å². The lowest BCUT2D eigenvalue weighted by Gasteiger charge is -2.10. The number of nitro groups is 1. The van der Waals surface area contributed by atoms with Crippen molar-refractivity contribution in [1.29, 1.82) is 0 Å². The van der Waals surface area contributed by atoms with E-state index in [4.69, 9.17) is 4.74 Å². The van der Waals surface area contributed by atoms with E-state index < -0.39 is 16.9 Å². The molecule has 0 aromatic heterocycles. The van der Waals surface area contributed by atoms with Gasteiger partial charge in [0.1, 0.15) is 18.1 Å². The fraction of sp³-hybridized carbons (Fsp3) is 0.111. The van der Waals surface area contributed by atoms with Crippen LogP contribution in [0.25, 0.3) is 6.08 Å². The lowest BCUT2D eigenvalue weighted by molar-refractivity contribution is -0.384. The number of nitro benzene ring substituents is 1. The van der Waals surface area contributed by atoms with Crippen molar-refractivity contribution in [1.82, 2.24) is 10.2 Å². The highest BCUT2D eigenvalue weighted by molar-refractivity contribution is 9.10. The van der Waals surface area contributed by atoms with Gasteiger partial charge in [-0.25, -0.2) is 4.79 Å². The maximum Gasteiger partial charge on any atom is 0.328 e. The number of non-ortho nitro benzene ring substituents is 1. The van der Waals surface area contributed by atoms with Crippen LogP contribution in [-0.4, -0.2) is 28.8 Å². The minimum Gasteiger partial charge on any atom is -0.488 e. The summed E-state index contributed by atoms with van der Waals surface area (Å²) in [5, 5.41) is 13.4. The Morgan fingerprint density at radius 1 is 1.26 bits per heavy atom. The normalized spacial score (nSPS) is 15.2. The van der Waals surface area contributed by atoms with Crippen LogP contribution >= 0.6 is 15.9 Å². The lowest BCUT2D eigenvalue weighted by atomic mass is 10.1. The molecule has 1 N–H and O–H groups in total. The monoisotopic (exact) mass is 431 g/mol. The number of benzene rings is 2. The second-order valence-corrected chi connectivity index (χ2v) is 6.67. The first kappa shape index (κ1) is 18.6. The average Bonchev–Trinajstić information content (AvgIpc) is 2.88. The van der Waals surface area contributed by atoms with Gasteiger partial charge in [0.25, 0.3) is 11.6 Å². The first-order valence-electron chi connectivity index (χ1n) is 7.81. The van der Waals surface area contributed by atoms with Crippen LogP contribution < -0.4 is 10.1 Å². The number of halogens is 1. The van der Waals surface area contributed by atoms with Gasteiger partial charge in [-0.2, -0.15) is 0 Å². The zero-order valence-electron chi connectivity index (χ0n) is 14.1. The van der Waals surface area contributed by atoms with Crippen molar-refractivity contribution >= 4 is 39.6 Å². The first-order chi connectivity index (χ1) is 12.8. The standard InChI is InChI=1S/C18H14BrN3O5/c1-21-17(23)15(20-18(21)24)9-12-8-13(19)5-6-16(12)27-10-11-3-2-4-14(7-11)22(25)26/h2-9H,10H2,1H3,(H,20,24)/b15-9+. The van der Waals surface area contributed by atoms with Crippen molar-refractivity contribution in [2.24, 2.45) is 0 Å². The number of hydrogen-bond acceptors (Lipinski definition) is 5. The van der Waals surface area contributed by atoms with Crippen LogP contribution in [0.3, 0.4) is 0 Å². The number of nitrogens with zero attached hydrogens (tertiary/aromatic N) is 2. The molecule has 27 heavy (non-hydrogen) atoms. The highest BCUT2D eigenvalue weighted by atomic mass is 79.9. The van der Waals surface area contributed by atoms with Crippen molar-refractivity contribution in [3.63, 3.8) is 0 Å². The summed E-state index contributed by atoms with van der Waals surface area (Å²) in [4.78, 5) is 35.0. The zero-order valence-corrected chi connectivity index (χ0v) is 15.7. The molecule has 1 fully saturated rings. The molecule has 9 heteroatoms. The Hall–Kier alpha value is -3.20. The molecule has 1 aliphatic rings. The van der Waals surface area contributed by atoms with Gasteiger partial charge >= 0.3 is 6.03 Å². The van der Waals surface area contributed by atoms with Crippen LogP contribution in [0.1, 0.15) is 11.1 Å². The summed E-state index contributed by atoms with van der Waals surface area (Å²) in [6.45, 7) is 0.111. The van der Waals surface area contributed by atoms with Crippen molar-refractivity contribution in [3.05, 3.63) is 73.9 Å². The van der Waals surface area contributed by atoms with E-state index in [-0.39, 0.29) is 18.0 Å². The predicted molar refractivity (Wildman–Crippen MR) is 101 cm³/mol. The lowest BCUT2D eigenvalue weighted by Crippen LogP contribution is -2.25. The number of carbonyl (C=O) groups excluding carboxylic acids is 2. The van der Waals surface area contributed by atoms with E-state index in [1.807, 2.05) is 0 Å². The van der Waals surface area contributed by atoms with Crippen molar-refractivity contribution in [2.75, 3.05) is 7.05 Å². The molecule has 0 bridgehead atoms. The molecular weight excluding hydrogens is 418 g/mol. The third-order valence-electron chi connectivity index (χ3n) is 3.87. The average molecular weight is 432 g/mol. The van der Waals surface area contributed by atoms with Crippen molar-refractivity contribution in [3.8, 4) is 5.75 Å². The number of rotatable bonds is 5. The quantitative estimate of drug-likeness (QED) is 0.338. The minimum atomic E-state index is -0.500. The summed E-state index contributed by atoms with van der Waals surface area (Å²) in [6.07, 6.45) is 1.53. The molecule has 1 saturated heterocycles. The molecule has 1 heterocycles. The number of carbonyl (C=O) groups is 2. The summed E-state index contributed by atoms with van der Waals surface area (Å²) in [6, 6.07) is 10.9. The second kappa shape index (κ2) is 7.58. The van der Waals surface area contributed by atoms with Crippen LogP contribution in [0.5, 0.6) is 5.75 Å². The molecule has 0 atom stereocenters. The topological polar surface area (TPSA) is 102 Å². The van der Waals surface area contributed by atoms with Gasteiger partial charge in [0, 0.05) is 29.2 Å². The molecule has 0 unspecified atom stereocenters. The van der Waals surface area contributed by atoms with Crippen LogP contribution in [0.4, 0.5) is 10.5 Å². The largest absolute Gasteiger partial charge is 0.488 e. The van der Waals surface area contributed by atoms with E-state index in [1.54, 1.807) is 30.3 Å². The fourth-order valence-corrected chi connectivity index (χ4v) is 2.84. The third-order valence-corrected chi connectivity index (χ3v) is 4.36. The van der Waals surface area contributed by atoms with Gasteiger partial charge in [-0.15, -0.1) is 0 Å². The Morgan fingerprint density at radius 3 is 2.70 bits per heavy atom. The molecule has 0 radical (unpaired) electrons. The Bertz CT molecular complexity index is 973. The van der Waals surface area contributed by atoms with E-state index in [2.05, 4.69) is 21.2 Å². The molecule has 2 aromatic rings. The number of amides is 3. The molecule has 0 saturated carbocycles. The molecule has 1 aliphatic heterocycles. The van der Waals surface area contributed by atoms with E-state index in [1.165, 1.54) is 25.3 Å². The van der Waals surface area contributed by atoms with Gasteiger partial charge in [-0.1, -0.05) is 28.1 Å². The Balaban J connectivity index is 1.85. The molecular formula is C18H14BrN3O5. The predicted octanol–water partition coefficient (Wildman–Crippen LogP) is 3.46. The SMILES string of the molecule is CN1C(=O)N/C(=C/c2cc(Br)ccc2OCc2cccc([N+](=O)[O-])c2)C1=O. The highest BCUT2D eigenvalue weighted by Gasteiger charge is 2.30. The van der Waals surface area contributed by atoms with Crippen LogP contribution in [0.15, 0.2) is 52.6 Å². The molecule has 3 rings (SSSR count). The summed E-state index contributed by atoms with van der Waals surface area (Å²) in [5.41, 5.74) is 1.34. The van der Waals surface area contributed by atoms with Gasteiger partial charge in [0.15, 0.2) is 0 Å². The summed E-state index contributed by atoms with van der Waals surface area (Å²) < 4.78 is 6.55. The van der Waals surface area contributed by atoms with Crippen LogP contribution in [0, 0.1) is 10.1 Å². The van der Waals surface area contributed by atoms with E-state index in [0.717, 1.165) is 9.37 Å². The van der Waals surface area contributed by atoms with E-state index in [0.29, 0.717) is 16.9 Å². The number of hydrogen-bond donors (Lipinski definition) is 1. The van der Waals surface area contributed by atoms with E-state index >= 15 is 0 Å². The maximum absolute atomic E-state index is 12.1. The second-order valence-electron chi connectivity index (χ2n) is 5.75. The van der Waals surface area contributed by atoms with Gasteiger partial charge in [0.05, 0.1) is 4.92 Å². The molecule has 0 aliphatic carbocycles. The van der Waals surface area contributed by atoms with Gasteiger partial charge in [-0.3, -0.25) is 19.8 Å². The maximum atomic E-state index is 12.1. The summed E-state index contributed by atoms with van der Waals surface area (Å²) >= 11 is 3.36. The number of likely N-dealkylation sites (N-methyl/N-ethyl adjacent to an activating group) is 1. The number of nitrogens with one attached hydrogen (secondary N) is 1. The summed E-state index contributed by atoms with van der Waals surface area (Å²) in [7, 11) is 1.39. The first-order valence-corrected chi connectivity index (χ1v) is 8.61. The number of imide groups is 1. The molecule has 2 aromatic carbocycles. The molecule has 0 spiro atoms. The Morgan fingerprint density at radius 2 is 2.04 bits per heavy atom. The molecule has 138 valence electrons.